The van der Waals surface area contributed by atoms with Crippen LogP contribution in [0.5, 0.6) is 0 Å². The third-order valence-corrected chi connectivity index (χ3v) is 2.68. The van der Waals surface area contributed by atoms with Crippen LogP contribution in [0.4, 0.5) is 0 Å². The summed E-state index contributed by atoms with van der Waals surface area (Å²) in [4.78, 5) is 10.8. The molecule has 1 heterocycles. The zero-order valence-electron chi connectivity index (χ0n) is 9.45. The van der Waals surface area contributed by atoms with Gasteiger partial charge in [-0.15, -0.1) is 0 Å². The van der Waals surface area contributed by atoms with Crippen molar-refractivity contribution in [2.24, 2.45) is 5.73 Å². The van der Waals surface area contributed by atoms with Gasteiger partial charge in [-0.25, -0.2) is 0 Å². The van der Waals surface area contributed by atoms with Crippen LogP contribution in [0, 0.1) is 0 Å². The zero-order chi connectivity index (χ0) is 13.1. The molecule has 2 aromatic rings. The van der Waals surface area contributed by atoms with E-state index >= 15 is 0 Å². The summed E-state index contributed by atoms with van der Waals surface area (Å²) in [6, 6.07) is 7.81. The highest BCUT2D eigenvalue weighted by atomic mass is 16.4. The van der Waals surface area contributed by atoms with Gasteiger partial charge in [0.25, 0.3) is 0 Å². The van der Waals surface area contributed by atoms with Crippen LogP contribution < -0.4 is 5.73 Å². The fourth-order valence-electron chi connectivity index (χ4n) is 1.68. The molecule has 2 rings (SSSR count). The normalized spacial score (nSPS) is 14.1. The molecule has 18 heavy (non-hydrogen) atoms. The van der Waals surface area contributed by atoms with Crippen molar-refractivity contribution in [2.75, 3.05) is 0 Å². The average molecular weight is 247 g/mol. The lowest BCUT2D eigenvalue weighted by molar-refractivity contribution is -0.141. The molecule has 1 aromatic heterocycles. The Hall–Kier alpha value is -2.18. The molecule has 6 heteroatoms. The number of rotatable bonds is 4. The number of aromatic amines is 1. The first kappa shape index (κ1) is 12.3. The number of hydrogen-bond donors (Lipinski definition) is 4. The van der Waals surface area contributed by atoms with E-state index in [4.69, 9.17) is 10.8 Å². The summed E-state index contributed by atoms with van der Waals surface area (Å²) >= 11 is 0. The molecule has 2 atom stereocenters. The monoisotopic (exact) mass is 247 g/mol. The van der Waals surface area contributed by atoms with Gasteiger partial charge >= 0.3 is 5.97 Å². The second kappa shape index (κ2) is 4.99. The molecule has 94 valence electrons. The Morgan fingerprint density at radius 1 is 1.33 bits per heavy atom. The molecule has 0 spiro atoms. The molecule has 0 aliphatic heterocycles. The molecule has 0 aliphatic rings. The van der Waals surface area contributed by atoms with Gasteiger partial charge < -0.3 is 15.9 Å². The molecule has 0 bridgehead atoms. The number of nitrogens with zero attached hydrogens (tertiary/aromatic N) is 1. The van der Waals surface area contributed by atoms with Gasteiger partial charge in [-0.1, -0.05) is 30.3 Å². The second-order valence-corrected chi connectivity index (χ2v) is 3.88. The van der Waals surface area contributed by atoms with Crippen molar-refractivity contribution in [2.45, 2.75) is 12.1 Å². The van der Waals surface area contributed by atoms with E-state index in [-0.39, 0.29) is 0 Å². The number of aromatic nitrogens is 2. The van der Waals surface area contributed by atoms with E-state index < -0.39 is 18.1 Å². The van der Waals surface area contributed by atoms with Crippen LogP contribution in [0.1, 0.15) is 11.7 Å². The van der Waals surface area contributed by atoms with Gasteiger partial charge in [-0.05, 0) is 5.56 Å². The molecule has 6 nitrogen and oxygen atoms in total. The Morgan fingerprint density at radius 3 is 2.61 bits per heavy atom. The van der Waals surface area contributed by atoms with Crippen molar-refractivity contribution in [3.05, 3.63) is 42.1 Å². The molecule has 1 aromatic carbocycles. The first-order valence-electron chi connectivity index (χ1n) is 5.36. The molecule has 0 amide bonds. The minimum absolute atomic E-state index is 0.371. The topological polar surface area (TPSA) is 112 Å². The Bertz CT molecular complexity index is 539. The summed E-state index contributed by atoms with van der Waals surface area (Å²) in [6.07, 6.45) is 0.0759. The van der Waals surface area contributed by atoms with Gasteiger partial charge in [-0.3, -0.25) is 9.89 Å². The lowest BCUT2D eigenvalue weighted by atomic mass is 10.00. The second-order valence-electron chi connectivity index (χ2n) is 3.88. The van der Waals surface area contributed by atoms with Crippen molar-refractivity contribution in [1.29, 1.82) is 0 Å². The number of aliphatic hydroxyl groups is 1. The standard InChI is InChI=1S/C12H13N3O3/c13-9(12(17)18)11(16)8-6-14-15-10(8)7-4-2-1-3-5-7/h1-6,9,11,16H,13H2,(H,14,15)(H,17,18). The third-order valence-electron chi connectivity index (χ3n) is 2.68. The Morgan fingerprint density at radius 2 is 2.00 bits per heavy atom. The predicted octanol–water partition coefficient (Wildman–Crippen LogP) is 0.522. The van der Waals surface area contributed by atoms with Crippen molar-refractivity contribution in [3.63, 3.8) is 0 Å². The number of aliphatic hydroxyl groups excluding tert-OH is 1. The number of benzene rings is 1. The van der Waals surface area contributed by atoms with E-state index in [1.165, 1.54) is 6.20 Å². The van der Waals surface area contributed by atoms with Crippen molar-refractivity contribution in [1.82, 2.24) is 10.2 Å². The molecule has 0 saturated heterocycles. The summed E-state index contributed by atoms with van der Waals surface area (Å²) in [5.41, 5.74) is 7.15. The number of hydrogen-bond acceptors (Lipinski definition) is 4. The minimum atomic E-state index is -1.38. The van der Waals surface area contributed by atoms with E-state index in [0.717, 1.165) is 5.56 Å². The summed E-state index contributed by atoms with van der Waals surface area (Å²) in [5.74, 6) is -1.26. The molecular formula is C12H13N3O3. The van der Waals surface area contributed by atoms with Crippen LogP contribution in [0.25, 0.3) is 11.3 Å². The van der Waals surface area contributed by atoms with Crippen LogP contribution in [0.2, 0.25) is 0 Å². The fraction of sp³-hybridized carbons (Fsp3) is 0.167. The van der Waals surface area contributed by atoms with Gasteiger partial charge in [0.2, 0.25) is 0 Å². The van der Waals surface area contributed by atoms with Crippen molar-refractivity contribution < 1.29 is 15.0 Å². The number of nitrogens with two attached hydrogens (primary N) is 1. The number of nitrogens with one attached hydrogen (secondary N) is 1. The first-order valence-corrected chi connectivity index (χ1v) is 5.36. The van der Waals surface area contributed by atoms with Gasteiger partial charge in [-0.2, -0.15) is 5.10 Å². The molecule has 0 saturated carbocycles. The van der Waals surface area contributed by atoms with Crippen LogP contribution in [-0.2, 0) is 4.79 Å². The Kier molecular flexibility index (Phi) is 3.40. The largest absolute Gasteiger partial charge is 0.480 e. The molecule has 2 unspecified atom stereocenters. The zero-order valence-corrected chi connectivity index (χ0v) is 9.45. The SMILES string of the molecule is NC(C(=O)O)C(O)c1cn[nH]c1-c1ccccc1. The van der Waals surface area contributed by atoms with Crippen LogP contribution >= 0.6 is 0 Å². The molecule has 0 aliphatic carbocycles. The van der Waals surface area contributed by atoms with Crippen LogP contribution in [0.3, 0.4) is 0 Å². The summed E-state index contributed by atoms with van der Waals surface area (Å²) in [6.45, 7) is 0. The lowest BCUT2D eigenvalue weighted by Gasteiger charge is -2.15. The van der Waals surface area contributed by atoms with Crippen molar-refractivity contribution >= 4 is 5.97 Å². The third kappa shape index (κ3) is 2.24. The molecule has 5 N–H and O–H groups in total. The Balaban J connectivity index is 2.37. The molecule has 0 fully saturated rings. The van der Waals surface area contributed by atoms with Gasteiger partial charge in [0.05, 0.1) is 11.9 Å². The summed E-state index contributed by atoms with van der Waals surface area (Å²) in [7, 11) is 0. The minimum Gasteiger partial charge on any atom is -0.480 e. The summed E-state index contributed by atoms with van der Waals surface area (Å²) < 4.78 is 0. The highest BCUT2D eigenvalue weighted by molar-refractivity contribution is 5.75. The van der Waals surface area contributed by atoms with Gasteiger partial charge in [0.15, 0.2) is 0 Å². The number of carbonyl (C=O) groups is 1. The lowest BCUT2D eigenvalue weighted by Crippen LogP contribution is -2.36. The highest BCUT2D eigenvalue weighted by Crippen LogP contribution is 2.27. The maximum Gasteiger partial charge on any atom is 0.323 e. The van der Waals surface area contributed by atoms with E-state index in [0.29, 0.717) is 11.3 Å². The Labute approximate surface area is 103 Å². The maximum absolute atomic E-state index is 10.8. The van der Waals surface area contributed by atoms with Crippen LogP contribution in [-0.4, -0.2) is 32.4 Å². The number of H-pyrrole nitrogens is 1. The highest BCUT2D eigenvalue weighted by Gasteiger charge is 2.27. The van der Waals surface area contributed by atoms with E-state index in [1.54, 1.807) is 0 Å². The number of carboxylic acid groups (broad SMARTS) is 1. The van der Waals surface area contributed by atoms with E-state index in [9.17, 15) is 9.90 Å². The smallest absolute Gasteiger partial charge is 0.323 e. The first-order chi connectivity index (χ1) is 8.61. The van der Waals surface area contributed by atoms with E-state index in [2.05, 4.69) is 10.2 Å². The van der Waals surface area contributed by atoms with Crippen LogP contribution in [0.15, 0.2) is 36.5 Å². The maximum atomic E-state index is 10.8. The fourth-order valence-corrected chi connectivity index (χ4v) is 1.68. The summed E-state index contributed by atoms with van der Waals surface area (Å²) in [5, 5.41) is 25.3. The predicted molar refractivity (Wildman–Crippen MR) is 64.6 cm³/mol. The van der Waals surface area contributed by atoms with E-state index in [1.807, 2.05) is 30.3 Å². The number of aliphatic carboxylic acids is 1. The molecular weight excluding hydrogens is 234 g/mol. The van der Waals surface area contributed by atoms with Gasteiger partial charge in [0, 0.05) is 5.56 Å². The number of carboxylic acids is 1. The quantitative estimate of drug-likeness (QED) is 0.629. The average Bonchev–Trinajstić information content (AvgIpc) is 2.87. The van der Waals surface area contributed by atoms with Crippen molar-refractivity contribution in [3.8, 4) is 11.3 Å². The van der Waals surface area contributed by atoms with Gasteiger partial charge in [0.1, 0.15) is 12.1 Å². The molecule has 0 radical (unpaired) electrons.